The topological polar surface area (TPSA) is 12.9 Å². The van der Waals surface area contributed by atoms with E-state index >= 15 is 0 Å². The minimum atomic E-state index is 1.16. The molecule has 1 aromatic heterocycles. The summed E-state index contributed by atoms with van der Waals surface area (Å²) in [6, 6.07) is 0. The van der Waals surface area contributed by atoms with Crippen LogP contribution in [0.4, 0.5) is 0 Å². The zero-order chi connectivity index (χ0) is 6.69. The van der Waals surface area contributed by atoms with Crippen molar-refractivity contribution in [3.05, 3.63) is 16.1 Å². The Balaban J connectivity index is 3.12. The molecule has 1 nitrogen and oxygen atoms in total. The molecule has 0 aliphatic heterocycles. The SMILES string of the molecule is [W]=[CH]c1ncsc1[CH]=[W]. The Morgan fingerprint density at radius 2 is 2.22 bits per heavy atom. The first-order valence-electron chi connectivity index (χ1n) is 2.22. The van der Waals surface area contributed by atoms with Gasteiger partial charge in [-0.25, -0.2) is 0 Å². The molecule has 0 saturated carbocycles. The average Bonchev–Trinajstić information content (AvgIpc) is 2.33. The fourth-order valence-electron chi connectivity index (χ4n) is 0.441. The van der Waals surface area contributed by atoms with Crippen molar-refractivity contribution in [2.24, 2.45) is 0 Å². The predicted octanol–water partition coefficient (Wildman–Crippen LogP) is 0.537. The summed E-state index contributed by atoms with van der Waals surface area (Å²) >= 11 is 4.67. The summed E-state index contributed by atoms with van der Waals surface area (Å²) in [5, 5.41) is 0. The third kappa shape index (κ3) is 1.83. The van der Waals surface area contributed by atoms with Gasteiger partial charge in [0.15, 0.2) is 0 Å². The summed E-state index contributed by atoms with van der Waals surface area (Å²) in [4.78, 5) is 5.49. The molecule has 0 unspecified atom stereocenters. The van der Waals surface area contributed by atoms with E-state index in [0.717, 1.165) is 5.69 Å². The van der Waals surface area contributed by atoms with Crippen LogP contribution in [0.1, 0.15) is 10.6 Å². The van der Waals surface area contributed by atoms with E-state index < -0.39 is 0 Å². The van der Waals surface area contributed by atoms with Gasteiger partial charge in [0, 0.05) is 0 Å². The molecule has 0 aliphatic carbocycles. The molecule has 0 aliphatic rings. The summed E-state index contributed by atoms with van der Waals surface area (Å²) in [6.45, 7) is 0. The van der Waals surface area contributed by atoms with E-state index in [0.29, 0.717) is 0 Å². The molecule has 46 valence electrons. The van der Waals surface area contributed by atoms with Crippen molar-refractivity contribution >= 4 is 20.1 Å². The number of hydrogen-bond acceptors (Lipinski definition) is 2. The molecule has 1 rings (SSSR count). The van der Waals surface area contributed by atoms with Crippen LogP contribution >= 0.6 is 11.3 Å². The van der Waals surface area contributed by atoms with Gasteiger partial charge < -0.3 is 0 Å². The third-order valence-corrected chi connectivity index (χ3v) is 3.88. The molecule has 0 radical (unpaired) electrons. The Morgan fingerprint density at radius 3 is 2.67 bits per heavy atom. The van der Waals surface area contributed by atoms with Gasteiger partial charge in [-0.1, -0.05) is 0 Å². The van der Waals surface area contributed by atoms with Crippen LogP contribution in [0.15, 0.2) is 5.51 Å². The maximum atomic E-state index is 4.17. The van der Waals surface area contributed by atoms with Crippen LogP contribution in [-0.4, -0.2) is 13.8 Å². The van der Waals surface area contributed by atoms with Gasteiger partial charge in [0.2, 0.25) is 0 Å². The molecule has 0 spiro atoms. The predicted molar refractivity (Wildman–Crippen MR) is 32.4 cm³/mol. The van der Waals surface area contributed by atoms with Gasteiger partial charge >= 0.3 is 79.9 Å². The molecule has 4 heteroatoms. The molecule has 1 heterocycles. The minimum absolute atomic E-state index is 1.16. The van der Waals surface area contributed by atoms with Gasteiger partial charge in [0.1, 0.15) is 0 Å². The van der Waals surface area contributed by atoms with Crippen molar-refractivity contribution in [1.29, 1.82) is 0 Å². The van der Waals surface area contributed by atoms with E-state index in [-0.39, 0.29) is 0 Å². The fourth-order valence-corrected chi connectivity index (χ4v) is 3.01. The van der Waals surface area contributed by atoms with E-state index in [9.17, 15) is 0 Å². The molecule has 1 aromatic rings. The van der Waals surface area contributed by atoms with Gasteiger partial charge in [0.05, 0.1) is 0 Å². The molecular weight excluding hydrogens is 474 g/mol. The van der Waals surface area contributed by atoms with Gasteiger partial charge in [-0.3, -0.25) is 0 Å². The summed E-state index contributed by atoms with van der Waals surface area (Å²) in [7, 11) is 0. The Labute approximate surface area is 79.3 Å². The summed E-state index contributed by atoms with van der Waals surface area (Å²) < 4.78 is 4.29. The van der Waals surface area contributed by atoms with Crippen molar-refractivity contribution in [2.45, 2.75) is 0 Å². The van der Waals surface area contributed by atoms with Gasteiger partial charge in [-0.05, 0) is 0 Å². The monoisotopic (exact) mass is 477 g/mol. The van der Waals surface area contributed by atoms with Crippen LogP contribution < -0.4 is 0 Å². The molecule has 0 atom stereocenters. The first-order chi connectivity index (χ1) is 4.38. The summed E-state index contributed by atoms with van der Waals surface area (Å²) in [5.41, 5.74) is 3.05. The van der Waals surface area contributed by atoms with Gasteiger partial charge in [-0.2, -0.15) is 0 Å². The Hall–Kier alpha value is 0.747. The quantitative estimate of drug-likeness (QED) is 0.607. The first kappa shape index (κ1) is 7.85. The number of nitrogens with zero attached hydrogens (tertiary/aromatic N) is 1. The van der Waals surface area contributed by atoms with Crippen LogP contribution in [0.3, 0.4) is 0 Å². The van der Waals surface area contributed by atoms with E-state index in [1.165, 1.54) is 43.6 Å². The molecular formula is C5H3NSW2. The number of thiazole rings is 1. The second kappa shape index (κ2) is 3.80. The Kier molecular flexibility index (Phi) is 3.32. The fraction of sp³-hybridized carbons (Fsp3) is 0. The van der Waals surface area contributed by atoms with Crippen LogP contribution in [0.5, 0.6) is 0 Å². The average molecular weight is 477 g/mol. The molecule has 0 N–H and O–H groups in total. The Bertz CT molecular complexity index is 208. The summed E-state index contributed by atoms with van der Waals surface area (Å²) in [6.07, 6.45) is 0. The molecule has 0 aromatic carbocycles. The van der Waals surface area contributed by atoms with Gasteiger partial charge in [-0.15, -0.1) is 0 Å². The van der Waals surface area contributed by atoms with Crippen molar-refractivity contribution in [1.82, 2.24) is 4.98 Å². The van der Waals surface area contributed by atoms with Crippen LogP contribution in [0.25, 0.3) is 0 Å². The number of hydrogen-bond donors (Lipinski definition) is 0. The molecule has 0 fully saturated rings. The Morgan fingerprint density at radius 1 is 1.44 bits per heavy atom. The number of aromatic nitrogens is 1. The van der Waals surface area contributed by atoms with Crippen molar-refractivity contribution in [2.75, 3.05) is 0 Å². The summed E-state index contributed by atoms with van der Waals surface area (Å²) in [5.74, 6) is 0. The standard InChI is InChI=1S/C5H3NS.2W/c1-4-5(2)7-3-6-4;;/h1-3H;;. The van der Waals surface area contributed by atoms with Crippen LogP contribution in [0.2, 0.25) is 0 Å². The second-order valence-electron chi connectivity index (χ2n) is 1.34. The van der Waals surface area contributed by atoms with E-state index in [2.05, 4.69) is 13.8 Å². The van der Waals surface area contributed by atoms with Crippen molar-refractivity contribution < 1.29 is 38.7 Å². The number of rotatable bonds is 2. The zero-order valence-corrected chi connectivity index (χ0v) is 11.1. The van der Waals surface area contributed by atoms with E-state index in [4.69, 9.17) is 0 Å². The van der Waals surface area contributed by atoms with Crippen molar-refractivity contribution in [3.8, 4) is 0 Å². The second-order valence-corrected chi connectivity index (χ2v) is 3.92. The first-order valence-corrected chi connectivity index (χ1v) is 6.49. The molecule has 0 bridgehead atoms. The normalized spacial score (nSPS) is 8.89. The molecule has 0 amide bonds. The maximum absolute atomic E-state index is 4.17. The molecule has 0 saturated heterocycles. The third-order valence-electron chi connectivity index (χ3n) is 0.843. The van der Waals surface area contributed by atoms with Crippen LogP contribution in [0, 0.1) is 0 Å². The van der Waals surface area contributed by atoms with E-state index in [1.807, 2.05) is 5.51 Å². The van der Waals surface area contributed by atoms with Crippen LogP contribution in [-0.2, 0) is 38.7 Å². The van der Waals surface area contributed by atoms with E-state index in [1.54, 1.807) is 11.3 Å². The van der Waals surface area contributed by atoms with Gasteiger partial charge in [0.25, 0.3) is 0 Å². The zero-order valence-electron chi connectivity index (χ0n) is 4.40. The molecule has 9 heavy (non-hydrogen) atoms. The van der Waals surface area contributed by atoms with Crippen molar-refractivity contribution in [3.63, 3.8) is 0 Å².